The third-order valence-electron chi connectivity index (χ3n) is 2.76. The van der Waals surface area contributed by atoms with Crippen molar-refractivity contribution in [3.8, 4) is 0 Å². The zero-order valence-corrected chi connectivity index (χ0v) is 14.0. The van der Waals surface area contributed by atoms with Gasteiger partial charge in [-0.1, -0.05) is 23.7 Å². The van der Waals surface area contributed by atoms with Gasteiger partial charge in [0.2, 0.25) is 0 Å². The quantitative estimate of drug-likeness (QED) is 0.776. The summed E-state index contributed by atoms with van der Waals surface area (Å²) in [4.78, 5) is -0.596. The smallest absolute Gasteiger partial charge is 0.264 e. The third-order valence-corrected chi connectivity index (χ3v) is 5.39. The van der Waals surface area contributed by atoms with Crippen molar-refractivity contribution in [2.45, 2.75) is 11.8 Å². The number of anilines is 2. The van der Waals surface area contributed by atoms with Gasteiger partial charge >= 0.3 is 0 Å². The molecule has 0 fully saturated rings. The molecule has 2 aromatic carbocycles. The van der Waals surface area contributed by atoms with Crippen LogP contribution in [0.2, 0.25) is 5.02 Å². The molecule has 0 atom stereocenters. The predicted octanol–water partition coefficient (Wildman–Crippen LogP) is 3.93. The number of nitrogens with one attached hydrogen (secondary N) is 1. The summed E-state index contributed by atoms with van der Waals surface area (Å²) in [6, 6.07) is 7.21. The van der Waals surface area contributed by atoms with E-state index in [1.807, 2.05) is 0 Å². The van der Waals surface area contributed by atoms with E-state index in [2.05, 4.69) is 20.7 Å². The Labute approximate surface area is 135 Å². The highest BCUT2D eigenvalue weighted by atomic mass is 79.9. The maximum absolute atomic E-state index is 13.9. The summed E-state index contributed by atoms with van der Waals surface area (Å²) in [7, 11) is -4.15. The van der Waals surface area contributed by atoms with E-state index in [-0.39, 0.29) is 10.7 Å². The number of rotatable bonds is 3. The Bertz CT molecular complexity index is 812. The number of halogens is 3. The van der Waals surface area contributed by atoms with Crippen LogP contribution in [0.3, 0.4) is 0 Å². The van der Waals surface area contributed by atoms with Gasteiger partial charge in [0.1, 0.15) is 4.90 Å². The molecule has 0 spiro atoms. The number of aryl methyl sites for hydroxylation is 1. The first kappa shape index (κ1) is 16.1. The summed E-state index contributed by atoms with van der Waals surface area (Å²) in [6.45, 7) is 1.81. The minimum atomic E-state index is -4.15. The highest BCUT2D eigenvalue weighted by Crippen LogP contribution is 2.30. The molecule has 0 saturated carbocycles. The molecule has 112 valence electrons. The summed E-state index contributed by atoms with van der Waals surface area (Å²) in [5, 5.41) is 0.0394. The molecule has 8 heteroatoms. The lowest BCUT2D eigenvalue weighted by Crippen LogP contribution is -2.16. The van der Waals surface area contributed by atoms with Crippen molar-refractivity contribution in [2.24, 2.45) is 0 Å². The van der Waals surface area contributed by atoms with Crippen LogP contribution in [0.5, 0.6) is 0 Å². The first-order valence-corrected chi connectivity index (χ1v) is 8.40. The van der Waals surface area contributed by atoms with Crippen molar-refractivity contribution in [3.05, 3.63) is 51.2 Å². The Kier molecular flexibility index (Phi) is 4.46. The lowest BCUT2D eigenvalue weighted by molar-refractivity contribution is 0.573. The molecule has 0 aliphatic carbocycles. The minimum Gasteiger partial charge on any atom is -0.396 e. The van der Waals surface area contributed by atoms with Crippen molar-refractivity contribution in [2.75, 3.05) is 10.5 Å². The Balaban J connectivity index is 2.51. The highest BCUT2D eigenvalue weighted by Gasteiger charge is 2.23. The van der Waals surface area contributed by atoms with E-state index in [4.69, 9.17) is 17.3 Å². The average Bonchev–Trinajstić information content (AvgIpc) is 2.39. The van der Waals surface area contributed by atoms with Crippen LogP contribution >= 0.6 is 27.5 Å². The van der Waals surface area contributed by atoms with Crippen LogP contribution in [0.4, 0.5) is 15.8 Å². The summed E-state index contributed by atoms with van der Waals surface area (Å²) in [5.74, 6) is -1.03. The van der Waals surface area contributed by atoms with E-state index in [1.54, 1.807) is 25.1 Å². The van der Waals surface area contributed by atoms with Gasteiger partial charge in [0.25, 0.3) is 10.0 Å². The molecule has 0 bridgehead atoms. The molecule has 21 heavy (non-hydrogen) atoms. The van der Waals surface area contributed by atoms with Crippen molar-refractivity contribution >= 4 is 48.9 Å². The van der Waals surface area contributed by atoms with Crippen LogP contribution in [0.25, 0.3) is 0 Å². The van der Waals surface area contributed by atoms with Gasteiger partial charge in [0, 0.05) is 9.50 Å². The predicted molar refractivity (Wildman–Crippen MR) is 85.5 cm³/mol. The monoisotopic (exact) mass is 392 g/mol. The second kappa shape index (κ2) is 5.82. The van der Waals surface area contributed by atoms with Gasteiger partial charge in [-0.05, 0) is 46.6 Å². The molecular formula is C13H11BrClFN2O2S. The van der Waals surface area contributed by atoms with Crippen LogP contribution in [-0.2, 0) is 10.0 Å². The molecule has 2 rings (SSSR count). The van der Waals surface area contributed by atoms with Gasteiger partial charge in [0.15, 0.2) is 5.82 Å². The fraction of sp³-hybridized carbons (Fsp3) is 0.0769. The van der Waals surface area contributed by atoms with E-state index >= 15 is 0 Å². The molecular weight excluding hydrogens is 383 g/mol. The number of hydrogen-bond donors (Lipinski definition) is 2. The third kappa shape index (κ3) is 3.30. The molecule has 0 heterocycles. The second-order valence-electron chi connectivity index (χ2n) is 4.35. The summed E-state index contributed by atoms with van der Waals surface area (Å²) < 4.78 is 41.4. The van der Waals surface area contributed by atoms with E-state index < -0.39 is 20.7 Å². The fourth-order valence-electron chi connectivity index (χ4n) is 1.71. The van der Waals surface area contributed by atoms with Gasteiger partial charge in [0.05, 0.1) is 11.4 Å². The van der Waals surface area contributed by atoms with Gasteiger partial charge in [-0.2, -0.15) is 0 Å². The Hall–Kier alpha value is -1.31. The lowest BCUT2D eigenvalue weighted by atomic mass is 10.2. The van der Waals surface area contributed by atoms with E-state index in [1.165, 1.54) is 0 Å². The maximum Gasteiger partial charge on any atom is 0.264 e. The first-order chi connectivity index (χ1) is 9.72. The Morgan fingerprint density at radius 2 is 2.00 bits per heavy atom. The first-order valence-electron chi connectivity index (χ1n) is 5.75. The van der Waals surface area contributed by atoms with E-state index in [9.17, 15) is 12.8 Å². The van der Waals surface area contributed by atoms with Gasteiger partial charge < -0.3 is 5.73 Å². The zero-order chi connectivity index (χ0) is 15.8. The average molecular weight is 394 g/mol. The van der Waals surface area contributed by atoms with Crippen LogP contribution in [0.1, 0.15) is 5.56 Å². The number of nitrogens with two attached hydrogens (primary N) is 1. The molecule has 0 amide bonds. The zero-order valence-electron chi connectivity index (χ0n) is 10.8. The van der Waals surface area contributed by atoms with Gasteiger partial charge in [-0.15, -0.1) is 0 Å². The molecule has 2 aromatic rings. The molecule has 0 aliphatic heterocycles. The van der Waals surface area contributed by atoms with Crippen LogP contribution in [-0.4, -0.2) is 8.42 Å². The summed E-state index contributed by atoms with van der Waals surface area (Å²) >= 11 is 9.02. The minimum absolute atomic E-state index is 0.0394. The standard InChI is InChI=1S/C13H11BrClFN2O2S/c1-7-3-2-4-10(12(7)14)18-21(19,20)11-6-8(15)5-9(17)13(11)16/h2-6,18H,17H2,1H3. The van der Waals surface area contributed by atoms with Crippen LogP contribution in [0.15, 0.2) is 39.7 Å². The molecule has 0 saturated heterocycles. The van der Waals surface area contributed by atoms with E-state index in [0.29, 0.717) is 10.2 Å². The van der Waals surface area contributed by atoms with Crippen molar-refractivity contribution in [1.29, 1.82) is 0 Å². The Morgan fingerprint density at radius 1 is 1.33 bits per heavy atom. The molecule has 0 unspecified atom stereocenters. The lowest BCUT2D eigenvalue weighted by Gasteiger charge is -2.12. The number of benzene rings is 2. The summed E-state index contributed by atoms with van der Waals surface area (Å²) in [5.41, 5.74) is 6.21. The van der Waals surface area contributed by atoms with Crippen molar-refractivity contribution in [1.82, 2.24) is 0 Å². The molecule has 0 radical (unpaired) electrons. The second-order valence-corrected chi connectivity index (χ2v) is 7.23. The van der Waals surface area contributed by atoms with Gasteiger partial charge in [-0.25, -0.2) is 12.8 Å². The van der Waals surface area contributed by atoms with Gasteiger partial charge in [-0.3, -0.25) is 4.72 Å². The SMILES string of the molecule is Cc1cccc(NS(=O)(=O)c2cc(Cl)cc(N)c2F)c1Br. The molecule has 3 N–H and O–H groups in total. The fourth-order valence-corrected chi connectivity index (χ4v) is 3.70. The molecule has 0 aromatic heterocycles. The number of hydrogen-bond acceptors (Lipinski definition) is 3. The highest BCUT2D eigenvalue weighted by molar-refractivity contribution is 9.10. The van der Waals surface area contributed by atoms with E-state index in [0.717, 1.165) is 17.7 Å². The maximum atomic E-state index is 13.9. The molecule has 0 aliphatic rings. The van der Waals surface area contributed by atoms with Crippen LogP contribution < -0.4 is 10.5 Å². The number of nitrogen functional groups attached to an aromatic ring is 1. The number of sulfonamides is 1. The topological polar surface area (TPSA) is 72.2 Å². The normalized spacial score (nSPS) is 11.4. The largest absolute Gasteiger partial charge is 0.396 e. The van der Waals surface area contributed by atoms with Crippen molar-refractivity contribution in [3.63, 3.8) is 0 Å². The van der Waals surface area contributed by atoms with Crippen molar-refractivity contribution < 1.29 is 12.8 Å². The molecule has 4 nitrogen and oxygen atoms in total. The summed E-state index contributed by atoms with van der Waals surface area (Å²) in [6.07, 6.45) is 0. The Morgan fingerprint density at radius 3 is 2.67 bits per heavy atom. The van der Waals surface area contributed by atoms with Crippen LogP contribution in [0, 0.1) is 12.7 Å².